The number of aliphatic imine (C=N–C) groups is 1. The van der Waals surface area contributed by atoms with Gasteiger partial charge in [0.25, 0.3) is 0 Å². The maximum absolute atomic E-state index is 4.73. The van der Waals surface area contributed by atoms with E-state index in [1.54, 1.807) is 6.33 Å². The van der Waals surface area contributed by atoms with Crippen LogP contribution in [0, 0.1) is 0 Å². The van der Waals surface area contributed by atoms with Gasteiger partial charge in [-0.2, -0.15) is 0 Å². The first-order valence-corrected chi connectivity index (χ1v) is 10.3. The number of hydrogen-bond donors (Lipinski definition) is 2. The normalized spacial score (nSPS) is 12.5. The molecule has 1 unspecified atom stereocenters. The summed E-state index contributed by atoms with van der Waals surface area (Å²) in [5.74, 6) is 1.88. The number of hydrogen-bond acceptors (Lipinski definition) is 4. The summed E-state index contributed by atoms with van der Waals surface area (Å²) in [5.41, 5.74) is 1.34. The summed E-state index contributed by atoms with van der Waals surface area (Å²) in [6, 6.07) is 11.1. The molecule has 0 aliphatic carbocycles. The van der Waals surface area contributed by atoms with Crippen LogP contribution in [0.3, 0.4) is 0 Å². The van der Waals surface area contributed by atoms with E-state index in [4.69, 9.17) is 4.99 Å². The monoisotopic (exact) mass is 513 g/mol. The molecular weight excluding hydrogens is 477 g/mol. The van der Waals surface area contributed by atoms with Crippen LogP contribution in [0.25, 0.3) is 0 Å². The summed E-state index contributed by atoms with van der Waals surface area (Å²) in [6.07, 6.45) is 3.70. The molecular formula is C21H36IN7. The van der Waals surface area contributed by atoms with Gasteiger partial charge in [-0.1, -0.05) is 37.3 Å². The first-order valence-electron chi connectivity index (χ1n) is 10.3. The highest BCUT2D eigenvalue weighted by atomic mass is 127. The van der Waals surface area contributed by atoms with E-state index < -0.39 is 0 Å². The zero-order chi connectivity index (χ0) is 20.2. The van der Waals surface area contributed by atoms with Gasteiger partial charge in [-0.15, -0.1) is 34.2 Å². The van der Waals surface area contributed by atoms with Crippen molar-refractivity contribution >= 4 is 29.9 Å². The zero-order valence-electron chi connectivity index (χ0n) is 18.1. The Hall–Kier alpha value is -1.68. The van der Waals surface area contributed by atoms with Crippen molar-refractivity contribution in [2.75, 3.05) is 26.7 Å². The quantitative estimate of drug-likeness (QED) is 0.275. The molecule has 1 aromatic carbocycles. The largest absolute Gasteiger partial charge is 0.357 e. The van der Waals surface area contributed by atoms with Crippen molar-refractivity contribution in [3.63, 3.8) is 0 Å². The van der Waals surface area contributed by atoms with Crippen LogP contribution in [0.5, 0.6) is 0 Å². The Morgan fingerprint density at radius 1 is 1.21 bits per heavy atom. The lowest BCUT2D eigenvalue weighted by atomic mass is 10.1. The number of halogens is 1. The number of nitrogens with zero attached hydrogens (tertiary/aromatic N) is 5. The van der Waals surface area contributed by atoms with Gasteiger partial charge in [0.05, 0.1) is 0 Å². The fourth-order valence-corrected chi connectivity index (χ4v) is 2.99. The number of benzene rings is 1. The predicted molar refractivity (Wildman–Crippen MR) is 131 cm³/mol. The second-order valence-corrected chi connectivity index (χ2v) is 7.02. The molecule has 0 aliphatic rings. The van der Waals surface area contributed by atoms with Crippen LogP contribution in [0.1, 0.15) is 38.6 Å². The molecule has 0 bridgehead atoms. The number of nitrogens with one attached hydrogen (secondary N) is 2. The molecule has 0 fully saturated rings. The molecule has 1 atom stereocenters. The van der Waals surface area contributed by atoms with Gasteiger partial charge >= 0.3 is 0 Å². The van der Waals surface area contributed by atoms with Crippen LogP contribution < -0.4 is 10.6 Å². The first kappa shape index (κ1) is 25.4. The maximum atomic E-state index is 4.73. The standard InChI is InChI=1S/C21H35N7.HI/c1-5-20-26-25-17-28(20)15-14-24-21(22-6-2)23-13-12-18(3)27(4)16-19-10-8-7-9-11-19;/h7-11,17-18H,5-6,12-16H2,1-4H3,(H2,22,23,24);1H. The van der Waals surface area contributed by atoms with Crippen molar-refractivity contribution in [1.29, 1.82) is 0 Å². The average Bonchev–Trinajstić information content (AvgIpc) is 3.16. The summed E-state index contributed by atoms with van der Waals surface area (Å²) in [5, 5.41) is 14.8. The molecule has 8 heteroatoms. The molecule has 29 heavy (non-hydrogen) atoms. The number of aromatic nitrogens is 3. The lowest BCUT2D eigenvalue weighted by molar-refractivity contribution is 0.240. The molecule has 0 spiro atoms. The molecule has 1 heterocycles. The van der Waals surface area contributed by atoms with E-state index in [-0.39, 0.29) is 24.0 Å². The highest BCUT2D eigenvalue weighted by Gasteiger charge is 2.09. The van der Waals surface area contributed by atoms with Crippen LogP contribution in [0.4, 0.5) is 0 Å². The van der Waals surface area contributed by atoms with E-state index in [0.717, 1.165) is 57.3 Å². The number of aryl methyl sites for hydroxylation is 1. The van der Waals surface area contributed by atoms with E-state index in [1.807, 2.05) is 0 Å². The van der Waals surface area contributed by atoms with Crippen LogP contribution in [0.2, 0.25) is 0 Å². The van der Waals surface area contributed by atoms with E-state index >= 15 is 0 Å². The fourth-order valence-electron chi connectivity index (χ4n) is 2.99. The highest BCUT2D eigenvalue weighted by molar-refractivity contribution is 14.0. The molecule has 0 saturated heterocycles. The smallest absolute Gasteiger partial charge is 0.191 e. The molecule has 0 saturated carbocycles. The van der Waals surface area contributed by atoms with Crippen LogP contribution in [0.15, 0.2) is 41.7 Å². The summed E-state index contributed by atoms with van der Waals surface area (Å²) >= 11 is 0. The molecule has 2 aromatic rings. The summed E-state index contributed by atoms with van der Waals surface area (Å²) in [7, 11) is 2.18. The van der Waals surface area contributed by atoms with Crippen LogP contribution >= 0.6 is 24.0 Å². The van der Waals surface area contributed by atoms with Crippen molar-refractivity contribution in [3.8, 4) is 0 Å². The Bertz CT molecular complexity index is 702. The van der Waals surface area contributed by atoms with Gasteiger partial charge in [-0.3, -0.25) is 9.89 Å². The third-order valence-electron chi connectivity index (χ3n) is 4.85. The summed E-state index contributed by atoms with van der Waals surface area (Å²) in [6.45, 7) is 10.7. The van der Waals surface area contributed by atoms with Gasteiger partial charge in [-0.05, 0) is 32.9 Å². The molecule has 2 N–H and O–H groups in total. The third-order valence-corrected chi connectivity index (χ3v) is 4.85. The van der Waals surface area contributed by atoms with Gasteiger partial charge in [0, 0.05) is 45.2 Å². The minimum Gasteiger partial charge on any atom is -0.357 e. The van der Waals surface area contributed by atoms with E-state index in [9.17, 15) is 0 Å². The lowest BCUT2D eigenvalue weighted by Crippen LogP contribution is -2.39. The first-order chi connectivity index (χ1) is 13.6. The Morgan fingerprint density at radius 2 is 1.97 bits per heavy atom. The van der Waals surface area contributed by atoms with Gasteiger partial charge < -0.3 is 15.2 Å². The maximum Gasteiger partial charge on any atom is 0.191 e. The van der Waals surface area contributed by atoms with Gasteiger partial charge in [0.2, 0.25) is 0 Å². The van der Waals surface area contributed by atoms with E-state index in [0.29, 0.717) is 6.04 Å². The fraction of sp³-hybridized carbons (Fsp3) is 0.571. The topological polar surface area (TPSA) is 70.4 Å². The van der Waals surface area contributed by atoms with Crippen molar-refractivity contribution in [2.45, 2.75) is 52.7 Å². The predicted octanol–water partition coefficient (Wildman–Crippen LogP) is 2.92. The van der Waals surface area contributed by atoms with E-state index in [1.165, 1.54) is 5.56 Å². The van der Waals surface area contributed by atoms with Crippen LogP contribution in [-0.4, -0.2) is 58.3 Å². The molecule has 0 amide bonds. The summed E-state index contributed by atoms with van der Waals surface area (Å²) < 4.78 is 2.08. The highest BCUT2D eigenvalue weighted by Crippen LogP contribution is 2.08. The second kappa shape index (κ2) is 14.3. The van der Waals surface area contributed by atoms with Gasteiger partial charge in [-0.25, -0.2) is 0 Å². The minimum atomic E-state index is 0. The summed E-state index contributed by atoms with van der Waals surface area (Å²) in [4.78, 5) is 7.11. The second-order valence-electron chi connectivity index (χ2n) is 7.02. The average molecular weight is 513 g/mol. The van der Waals surface area contributed by atoms with Crippen molar-refractivity contribution in [1.82, 2.24) is 30.3 Å². The Kier molecular flexibility index (Phi) is 12.5. The number of guanidine groups is 1. The SMILES string of the molecule is CCNC(=NCCC(C)N(C)Cc1ccccc1)NCCn1cnnc1CC.I. The molecule has 0 radical (unpaired) electrons. The molecule has 0 aliphatic heterocycles. The van der Waals surface area contributed by atoms with Crippen LogP contribution in [-0.2, 0) is 19.5 Å². The Balaban J connectivity index is 0.00000420. The van der Waals surface area contributed by atoms with Gasteiger partial charge in [0.1, 0.15) is 12.2 Å². The molecule has 2 rings (SSSR count). The third kappa shape index (κ3) is 9.12. The van der Waals surface area contributed by atoms with Crippen molar-refractivity contribution in [2.24, 2.45) is 4.99 Å². The van der Waals surface area contributed by atoms with Gasteiger partial charge in [0.15, 0.2) is 5.96 Å². The Morgan fingerprint density at radius 3 is 2.66 bits per heavy atom. The van der Waals surface area contributed by atoms with E-state index in [2.05, 4.69) is 88.4 Å². The number of rotatable bonds is 11. The lowest BCUT2D eigenvalue weighted by Gasteiger charge is -2.24. The Labute approximate surface area is 192 Å². The van der Waals surface area contributed by atoms with Crippen molar-refractivity contribution in [3.05, 3.63) is 48.0 Å². The molecule has 162 valence electrons. The zero-order valence-corrected chi connectivity index (χ0v) is 20.5. The molecule has 1 aromatic heterocycles. The van der Waals surface area contributed by atoms with Crippen molar-refractivity contribution < 1.29 is 0 Å². The molecule has 7 nitrogen and oxygen atoms in total. The minimum absolute atomic E-state index is 0.